The van der Waals surface area contributed by atoms with Crippen molar-refractivity contribution in [1.29, 1.82) is 0 Å². The van der Waals surface area contributed by atoms with Crippen molar-refractivity contribution in [2.45, 2.75) is 18.2 Å². The van der Waals surface area contributed by atoms with Gasteiger partial charge in [-0.3, -0.25) is 4.79 Å². The van der Waals surface area contributed by atoms with Crippen LogP contribution in [0.1, 0.15) is 23.7 Å². The zero-order valence-electron chi connectivity index (χ0n) is 9.14. The van der Waals surface area contributed by atoms with Crippen molar-refractivity contribution in [2.24, 2.45) is 5.92 Å². The number of aromatic nitrogens is 2. The number of halogens is 1. The van der Waals surface area contributed by atoms with Gasteiger partial charge in [-0.2, -0.15) is 0 Å². The van der Waals surface area contributed by atoms with Gasteiger partial charge in [0.15, 0.2) is 0 Å². The summed E-state index contributed by atoms with van der Waals surface area (Å²) in [7, 11) is 0. The van der Waals surface area contributed by atoms with E-state index in [4.69, 9.17) is 0 Å². The van der Waals surface area contributed by atoms with Gasteiger partial charge < -0.3 is 4.90 Å². The Bertz CT molecular complexity index is 371. The predicted octanol–water partition coefficient (Wildman–Crippen LogP) is 1.72. The molecular weight excluding hydrogens is 270 g/mol. The van der Waals surface area contributed by atoms with Gasteiger partial charge in [0.1, 0.15) is 6.33 Å². The van der Waals surface area contributed by atoms with Crippen molar-refractivity contribution in [3.8, 4) is 0 Å². The minimum Gasteiger partial charge on any atom is -0.337 e. The Labute approximate surface area is 103 Å². The fourth-order valence-corrected chi connectivity index (χ4v) is 2.41. The van der Waals surface area contributed by atoms with Crippen LogP contribution >= 0.6 is 15.9 Å². The lowest BCUT2D eigenvalue weighted by Crippen LogP contribution is -2.43. The minimum atomic E-state index is 0.0250. The molecule has 1 aliphatic rings. The first kappa shape index (κ1) is 11.5. The van der Waals surface area contributed by atoms with Gasteiger partial charge in [0.2, 0.25) is 0 Å². The van der Waals surface area contributed by atoms with Crippen molar-refractivity contribution in [3.63, 3.8) is 0 Å². The molecule has 1 aromatic heterocycles. The number of alkyl halides is 1. The molecule has 0 spiro atoms. The molecule has 16 heavy (non-hydrogen) atoms. The Hall–Kier alpha value is -0.970. The molecule has 0 N–H and O–H groups in total. The molecule has 2 heterocycles. The van der Waals surface area contributed by atoms with Crippen LogP contribution in [0.15, 0.2) is 18.7 Å². The second-order valence-corrected chi connectivity index (χ2v) is 5.34. The SMILES string of the molecule is CC1CCN(C(=O)c2cncnc2)CC1Br. The van der Waals surface area contributed by atoms with Gasteiger partial charge in [0.25, 0.3) is 5.91 Å². The fourth-order valence-electron chi connectivity index (χ4n) is 1.80. The number of piperidine rings is 1. The van der Waals surface area contributed by atoms with Crippen molar-refractivity contribution in [1.82, 2.24) is 14.9 Å². The van der Waals surface area contributed by atoms with Gasteiger partial charge in [-0.05, 0) is 12.3 Å². The minimum absolute atomic E-state index is 0.0250. The number of nitrogens with zero attached hydrogens (tertiary/aromatic N) is 3. The average molecular weight is 284 g/mol. The molecule has 0 radical (unpaired) electrons. The standard InChI is InChI=1S/C11H14BrN3O/c1-8-2-3-15(6-10(8)12)11(16)9-4-13-7-14-5-9/h4-5,7-8,10H,2-3,6H2,1H3. The van der Waals surface area contributed by atoms with E-state index >= 15 is 0 Å². The molecule has 4 nitrogen and oxygen atoms in total. The first-order valence-corrected chi connectivity index (χ1v) is 6.28. The Morgan fingerprint density at radius 1 is 1.50 bits per heavy atom. The topological polar surface area (TPSA) is 46.1 Å². The van der Waals surface area contributed by atoms with Crippen LogP contribution in [0.5, 0.6) is 0 Å². The van der Waals surface area contributed by atoms with E-state index in [1.165, 1.54) is 6.33 Å². The third-order valence-corrected chi connectivity index (χ3v) is 4.15. The largest absolute Gasteiger partial charge is 0.337 e. The Balaban J connectivity index is 2.06. The molecule has 1 aliphatic heterocycles. The summed E-state index contributed by atoms with van der Waals surface area (Å²) >= 11 is 3.61. The van der Waals surface area contributed by atoms with Crippen molar-refractivity contribution in [2.75, 3.05) is 13.1 Å². The van der Waals surface area contributed by atoms with Gasteiger partial charge in [-0.1, -0.05) is 22.9 Å². The van der Waals surface area contributed by atoms with Crippen LogP contribution in [0.3, 0.4) is 0 Å². The summed E-state index contributed by atoms with van der Waals surface area (Å²) in [6.07, 6.45) is 5.60. The number of rotatable bonds is 1. The van der Waals surface area contributed by atoms with Crippen LogP contribution in [0.4, 0.5) is 0 Å². The number of hydrogen-bond donors (Lipinski definition) is 0. The van der Waals surface area contributed by atoms with Crippen LogP contribution in [-0.2, 0) is 0 Å². The highest BCUT2D eigenvalue weighted by molar-refractivity contribution is 9.09. The Morgan fingerprint density at radius 2 is 2.19 bits per heavy atom. The van der Waals surface area contributed by atoms with Crippen LogP contribution in [0.25, 0.3) is 0 Å². The van der Waals surface area contributed by atoms with Gasteiger partial charge in [-0.25, -0.2) is 9.97 Å². The molecule has 1 amide bonds. The molecule has 0 aliphatic carbocycles. The van der Waals surface area contributed by atoms with Crippen LogP contribution < -0.4 is 0 Å². The van der Waals surface area contributed by atoms with Gasteiger partial charge in [0.05, 0.1) is 5.56 Å². The summed E-state index contributed by atoms with van der Waals surface area (Å²) in [4.78, 5) is 22.0. The number of likely N-dealkylation sites (tertiary alicyclic amines) is 1. The summed E-state index contributed by atoms with van der Waals surface area (Å²) in [5.74, 6) is 0.646. The predicted molar refractivity (Wildman–Crippen MR) is 64.4 cm³/mol. The number of carbonyl (C=O) groups is 1. The molecule has 2 rings (SSSR count). The summed E-state index contributed by atoms with van der Waals surface area (Å²) in [6, 6.07) is 0. The van der Waals surface area contributed by atoms with E-state index in [-0.39, 0.29) is 5.91 Å². The second-order valence-electron chi connectivity index (χ2n) is 4.16. The molecular formula is C11H14BrN3O. The maximum Gasteiger partial charge on any atom is 0.257 e. The van der Waals surface area contributed by atoms with Gasteiger partial charge in [-0.15, -0.1) is 0 Å². The van der Waals surface area contributed by atoms with Crippen LogP contribution in [-0.4, -0.2) is 38.7 Å². The number of hydrogen-bond acceptors (Lipinski definition) is 3. The molecule has 86 valence electrons. The van der Waals surface area contributed by atoms with Gasteiger partial charge >= 0.3 is 0 Å². The van der Waals surface area contributed by atoms with Crippen molar-refractivity contribution < 1.29 is 4.79 Å². The first-order chi connectivity index (χ1) is 7.68. The van der Waals surface area contributed by atoms with E-state index in [0.29, 0.717) is 16.3 Å². The monoisotopic (exact) mass is 283 g/mol. The molecule has 2 unspecified atom stereocenters. The lowest BCUT2D eigenvalue weighted by Gasteiger charge is -2.34. The molecule has 0 aromatic carbocycles. The molecule has 1 aromatic rings. The van der Waals surface area contributed by atoms with Crippen LogP contribution in [0.2, 0.25) is 0 Å². The summed E-state index contributed by atoms with van der Waals surface area (Å²) < 4.78 is 0. The normalized spacial score (nSPS) is 25.5. The van der Waals surface area contributed by atoms with E-state index in [2.05, 4.69) is 32.8 Å². The van der Waals surface area contributed by atoms with E-state index in [9.17, 15) is 4.79 Å². The van der Waals surface area contributed by atoms with E-state index in [1.54, 1.807) is 12.4 Å². The van der Waals surface area contributed by atoms with E-state index in [0.717, 1.165) is 19.5 Å². The quantitative estimate of drug-likeness (QED) is 0.738. The molecule has 1 saturated heterocycles. The maximum absolute atomic E-state index is 12.1. The summed E-state index contributed by atoms with van der Waals surface area (Å²) in [5.41, 5.74) is 0.566. The second kappa shape index (κ2) is 4.91. The molecule has 0 bridgehead atoms. The number of carbonyl (C=O) groups excluding carboxylic acids is 1. The Kier molecular flexibility index (Phi) is 3.53. The number of amides is 1. The lowest BCUT2D eigenvalue weighted by molar-refractivity contribution is 0.0705. The van der Waals surface area contributed by atoms with E-state index < -0.39 is 0 Å². The highest BCUT2D eigenvalue weighted by Crippen LogP contribution is 2.24. The third-order valence-electron chi connectivity index (χ3n) is 2.96. The average Bonchev–Trinajstić information content (AvgIpc) is 2.33. The van der Waals surface area contributed by atoms with Crippen molar-refractivity contribution >= 4 is 21.8 Å². The third kappa shape index (κ3) is 2.40. The fraction of sp³-hybridized carbons (Fsp3) is 0.545. The smallest absolute Gasteiger partial charge is 0.257 e. The molecule has 2 atom stereocenters. The summed E-state index contributed by atoms with van der Waals surface area (Å²) in [5, 5.41) is 0. The summed E-state index contributed by atoms with van der Waals surface area (Å²) in [6.45, 7) is 3.78. The maximum atomic E-state index is 12.1. The van der Waals surface area contributed by atoms with Crippen molar-refractivity contribution in [3.05, 3.63) is 24.3 Å². The lowest BCUT2D eigenvalue weighted by atomic mass is 9.98. The molecule has 5 heteroatoms. The van der Waals surface area contributed by atoms with E-state index in [1.807, 2.05) is 4.90 Å². The highest BCUT2D eigenvalue weighted by atomic mass is 79.9. The first-order valence-electron chi connectivity index (χ1n) is 5.37. The highest BCUT2D eigenvalue weighted by Gasteiger charge is 2.27. The van der Waals surface area contributed by atoms with Gasteiger partial charge in [0, 0.05) is 30.3 Å². The Morgan fingerprint density at radius 3 is 2.81 bits per heavy atom. The zero-order valence-corrected chi connectivity index (χ0v) is 10.7. The molecule has 1 fully saturated rings. The molecule has 0 saturated carbocycles. The van der Waals surface area contributed by atoms with Crippen LogP contribution in [0, 0.1) is 5.92 Å². The zero-order chi connectivity index (χ0) is 11.5.